The molecule has 146 valence electrons. The third kappa shape index (κ3) is 3.94. The van der Waals surface area contributed by atoms with Gasteiger partial charge in [0, 0.05) is 12.1 Å². The third-order valence-corrected chi connectivity index (χ3v) is 4.71. The van der Waals surface area contributed by atoms with E-state index in [0.717, 1.165) is 16.7 Å². The van der Waals surface area contributed by atoms with Crippen LogP contribution in [0.1, 0.15) is 17.0 Å². The summed E-state index contributed by atoms with van der Waals surface area (Å²) in [6, 6.07) is 19.3. The van der Waals surface area contributed by atoms with Crippen molar-refractivity contribution >= 4 is 11.4 Å². The average molecular weight is 387 g/mol. The van der Waals surface area contributed by atoms with E-state index in [-0.39, 0.29) is 18.0 Å². The molecule has 7 nitrogen and oxygen atoms in total. The van der Waals surface area contributed by atoms with Gasteiger partial charge in [-0.3, -0.25) is 9.59 Å². The monoisotopic (exact) mass is 387 g/mol. The largest absolute Gasteiger partial charge is 0.350 e. The summed E-state index contributed by atoms with van der Waals surface area (Å²) in [7, 11) is 0. The number of carbonyl (C=O) groups is 1. The van der Waals surface area contributed by atoms with Gasteiger partial charge >= 0.3 is 0 Å². The minimum atomic E-state index is -0.351. The second-order valence-electron chi connectivity index (χ2n) is 6.96. The number of nitrogens with one attached hydrogen (secondary N) is 1. The van der Waals surface area contributed by atoms with Crippen molar-refractivity contribution in [2.45, 2.75) is 26.9 Å². The zero-order valence-corrected chi connectivity index (χ0v) is 16.3. The summed E-state index contributed by atoms with van der Waals surface area (Å²) in [5.41, 5.74) is 3.81. The van der Waals surface area contributed by atoms with Crippen LogP contribution < -0.4 is 10.9 Å². The van der Waals surface area contributed by atoms with Gasteiger partial charge in [0.25, 0.3) is 5.56 Å². The van der Waals surface area contributed by atoms with Crippen LogP contribution in [0, 0.1) is 13.8 Å². The number of rotatable bonds is 5. The van der Waals surface area contributed by atoms with Crippen molar-refractivity contribution in [2.24, 2.45) is 0 Å². The molecule has 2 heterocycles. The zero-order chi connectivity index (χ0) is 20.4. The molecule has 0 aliphatic carbocycles. The molecule has 0 aliphatic rings. The molecule has 4 rings (SSSR count). The highest BCUT2D eigenvalue weighted by Crippen LogP contribution is 2.18. The smallest absolute Gasteiger partial charge is 0.293 e. The molecule has 7 heteroatoms. The molecule has 2 aromatic heterocycles. The molecular formula is C22H21N5O2. The predicted octanol–water partition coefficient (Wildman–Crippen LogP) is 2.49. The minimum absolute atomic E-state index is 0.145. The van der Waals surface area contributed by atoms with E-state index in [1.165, 1.54) is 9.20 Å². The molecule has 0 bridgehead atoms. The van der Waals surface area contributed by atoms with E-state index in [2.05, 4.69) is 15.5 Å². The molecule has 0 fully saturated rings. The molecule has 0 spiro atoms. The van der Waals surface area contributed by atoms with Gasteiger partial charge in [0.05, 0.1) is 5.69 Å². The minimum Gasteiger partial charge on any atom is -0.350 e. The van der Waals surface area contributed by atoms with Gasteiger partial charge in [-0.05, 0) is 25.5 Å². The third-order valence-electron chi connectivity index (χ3n) is 4.71. The van der Waals surface area contributed by atoms with Crippen molar-refractivity contribution < 1.29 is 4.79 Å². The molecule has 1 N–H and O–H groups in total. The van der Waals surface area contributed by atoms with Crippen molar-refractivity contribution in [3.05, 3.63) is 88.0 Å². The van der Waals surface area contributed by atoms with E-state index < -0.39 is 0 Å². The van der Waals surface area contributed by atoms with Crippen molar-refractivity contribution in [1.82, 2.24) is 24.7 Å². The maximum atomic E-state index is 12.8. The number of nitrogens with zero attached hydrogens (tertiary/aromatic N) is 4. The Kier molecular flexibility index (Phi) is 4.95. The van der Waals surface area contributed by atoms with Crippen LogP contribution >= 0.6 is 0 Å². The lowest BCUT2D eigenvalue weighted by atomic mass is 10.1. The summed E-state index contributed by atoms with van der Waals surface area (Å²) >= 11 is 0. The highest BCUT2D eigenvalue weighted by Gasteiger charge is 2.14. The number of hydrogen-bond acceptors (Lipinski definition) is 4. The average Bonchev–Trinajstić information content (AvgIpc) is 3.18. The molecule has 0 radical (unpaired) electrons. The molecule has 0 saturated heterocycles. The van der Waals surface area contributed by atoms with Gasteiger partial charge in [0.15, 0.2) is 0 Å². The van der Waals surface area contributed by atoms with Crippen LogP contribution in [0.15, 0.2) is 65.5 Å². The van der Waals surface area contributed by atoms with E-state index in [1.807, 2.05) is 61.5 Å². The second kappa shape index (κ2) is 7.71. The summed E-state index contributed by atoms with van der Waals surface area (Å²) in [5, 5.41) is 11.6. The Labute approximate surface area is 167 Å². The molecule has 4 aromatic rings. The number of hydrogen-bond donors (Lipinski definition) is 1. The SMILES string of the molecule is Cc1ccc(CNC(=O)Cn2nc(C)n3nc(-c4ccccc4)cc3c2=O)cc1. The molecule has 29 heavy (non-hydrogen) atoms. The molecular weight excluding hydrogens is 366 g/mol. The Morgan fingerprint density at radius 2 is 1.72 bits per heavy atom. The van der Waals surface area contributed by atoms with Crippen molar-refractivity contribution in [3.63, 3.8) is 0 Å². The number of aromatic nitrogens is 4. The molecule has 2 aromatic carbocycles. The van der Waals surface area contributed by atoms with Gasteiger partial charge in [0.1, 0.15) is 17.9 Å². The van der Waals surface area contributed by atoms with Gasteiger partial charge in [-0.2, -0.15) is 10.2 Å². The second-order valence-corrected chi connectivity index (χ2v) is 6.96. The molecule has 1 amide bonds. The maximum Gasteiger partial charge on any atom is 0.293 e. The Bertz CT molecular complexity index is 1220. The highest BCUT2D eigenvalue weighted by molar-refractivity contribution is 5.75. The van der Waals surface area contributed by atoms with E-state index in [0.29, 0.717) is 23.6 Å². The van der Waals surface area contributed by atoms with Gasteiger partial charge < -0.3 is 5.32 Å². The zero-order valence-electron chi connectivity index (χ0n) is 16.3. The summed E-state index contributed by atoms with van der Waals surface area (Å²) in [6.07, 6.45) is 0. The van der Waals surface area contributed by atoms with Crippen LogP contribution in [-0.2, 0) is 17.9 Å². The fraction of sp³-hybridized carbons (Fsp3) is 0.182. The van der Waals surface area contributed by atoms with E-state index in [1.54, 1.807) is 13.0 Å². The fourth-order valence-corrected chi connectivity index (χ4v) is 3.13. The summed E-state index contributed by atoms with van der Waals surface area (Å²) in [4.78, 5) is 25.2. The van der Waals surface area contributed by atoms with Crippen molar-refractivity contribution in [1.29, 1.82) is 0 Å². The van der Waals surface area contributed by atoms with Crippen LogP contribution in [0.5, 0.6) is 0 Å². The van der Waals surface area contributed by atoms with E-state index >= 15 is 0 Å². The Morgan fingerprint density at radius 1 is 1.00 bits per heavy atom. The number of benzene rings is 2. The highest BCUT2D eigenvalue weighted by atomic mass is 16.2. The van der Waals surface area contributed by atoms with Crippen LogP contribution in [0.4, 0.5) is 0 Å². The normalized spacial score (nSPS) is 11.0. The van der Waals surface area contributed by atoms with E-state index in [9.17, 15) is 9.59 Å². The first-order valence-corrected chi connectivity index (χ1v) is 9.36. The maximum absolute atomic E-state index is 12.8. The van der Waals surface area contributed by atoms with Gasteiger partial charge in [-0.1, -0.05) is 60.2 Å². The summed E-state index contributed by atoms with van der Waals surface area (Å²) in [6.45, 7) is 4.03. The Morgan fingerprint density at radius 3 is 2.45 bits per heavy atom. The number of carbonyl (C=O) groups excluding carboxylic acids is 1. The molecule has 0 saturated carbocycles. The van der Waals surface area contributed by atoms with Crippen LogP contribution in [0.25, 0.3) is 16.8 Å². The molecule has 0 unspecified atom stereocenters. The fourth-order valence-electron chi connectivity index (χ4n) is 3.13. The quantitative estimate of drug-likeness (QED) is 0.570. The molecule has 0 aliphatic heterocycles. The van der Waals surface area contributed by atoms with Gasteiger partial charge in [-0.15, -0.1) is 0 Å². The first kappa shape index (κ1) is 18.6. The van der Waals surface area contributed by atoms with Crippen molar-refractivity contribution in [2.75, 3.05) is 0 Å². The Balaban J connectivity index is 1.56. The first-order chi connectivity index (χ1) is 14.0. The molecule has 0 atom stereocenters. The van der Waals surface area contributed by atoms with Crippen LogP contribution in [-0.4, -0.2) is 25.3 Å². The standard InChI is InChI=1S/C22H21N5O2/c1-15-8-10-17(11-9-15)13-23-21(28)14-26-22(29)20-12-19(18-6-4-3-5-7-18)25-27(20)16(2)24-26/h3-12H,13-14H2,1-2H3,(H,23,28). The predicted molar refractivity (Wildman–Crippen MR) is 110 cm³/mol. The Hall–Kier alpha value is -3.74. The topological polar surface area (TPSA) is 81.3 Å². The lowest BCUT2D eigenvalue weighted by molar-refractivity contribution is -0.122. The number of fused-ring (bicyclic) bond motifs is 1. The van der Waals surface area contributed by atoms with Crippen molar-refractivity contribution in [3.8, 4) is 11.3 Å². The van der Waals surface area contributed by atoms with Gasteiger partial charge in [-0.25, -0.2) is 9.20 Å². The van der Waals surface area contributed by atoms with Gasteiger partial charge in [0.2, 0.25) is 5.91 Å². The first-order valence-electron chi connectivity index (χ1n) is 9.36. The van der Waals surface area contributed by atoms with Crippen LogP contribution in [0.2, 0.25) is 0 Å². The summed E-state index contributed by atoms with van der Waals surface area (Å²) in [5.74, 6) is 0.264. The number of aryl methyl sites for hydroxylation is 2. The lowest BCUT2D eigenvalue weighted by Crippen LogP contribution is -2.34. The van der Waals surface area contributed by atoms with Crippen LogP contribution in [0.3, 0.4) is 0 Å². The lowest BCUT2D eigenvalue weighted by Gasteiger charge is -2.08. The number of amides is 1. The van der Waals surface area contributed by atoms with E-state index in [4.69, 9.17) is 0 Å². The summed E-state index contributed by atoms with van der Waals surface area (Å²) < 4.78 is 2.71.